The van der Waals surface area contributed by atoms with Gasteiger partial charge in [0.05, 0.1) is 96.6 Å². The average molecular weight is 1570 g/mol. The lowest BCUT2D eigenvalue weighted by molar-refractivity contribution is 0.145. The van der Waals surface area contributed by atoms with E-state index >= 15 is 0 Å². The summed E-state index contributed by atoms with van der Waals surface area (Å²) < 4.78 is 28.0. The van der Waals surface area contributed by atoms with Crippen LogP contribution in [-0.2, 0) is 30.9 Å². The second kappa shape index (κ2) is 36.7. The van der Waals surface area contributed by atoms with Gasteiger partial charge in [-0.2, -0.15) is 15.5 Å². The van der Waals surface area contributed by atoms with Crippen LogP contribution in [0.3, 0.4) is 0 Å². The number of pyridine rings is 9. The molecule has 0 unspecified atom stereocenters. The van der Waals surface area contributed by atoms with E-state index in [-0.39, 0.29) is 36.6 Å². The number of aromatic nitrogens is 13. The molecule has 0 bridgehead atoms. The van der Waals surface area contributed by atoms with Crippen molar-refractivity contribution in [1.82, 2.24) is 75.1 Å². The number of hydrogen-bond acceptors (Lipinski definition) is 26. The number of hydrogen-bond donors (Lipinski definition) is 3. The summed E-state index contributed by atoms with van der Waals surface area (Å²) in [4.78, 5) is 74.1. The van der Waals surface area contributed by atoms with Crippen molar-refractivity contribution in [3.05, 3.63) is 221 Å². The highest BCUT2D eigenvalue weighted by molar-refractivity contribution is 6.16. The summed E-state index contributed by atoms with van der Waals surface area (Å²) in [5, 5.41) is 36.1. The van der Waals surface area contributed by atoms with Crippen molar-refractivity contribution < 1.29 is 33.6 Å². The van der Waals surface area contributed by atoms with Gasteiger partial charge in [-0.15, -0.1) is 0 Å². The summed E-state index contributed by atoms with van der Waals surface area (Å²) in [6.07, 6.45) is 19.4. The molecule has 6 aliphatic heterocycles. The van der Waals surface area contributed by atoms with Crippen molar-refractivity contribution in [3.63, 3.8) is 0 Å². The summed E-state index contributed by atoms with van der Waals surface area (Å²) in [7, 11) is 0. The molecule has 4 fully saturated rings. The van der Waals surface area contributed by atoms with Crippen LogP contribution in [0.5, 0.6) is 23.5 Å². The zero-order valence-corrected chi connectivity index (χ0v) is 67.1. The number of aliphatic hydroxyl groups is 1. The number of nitrogens with one attached hydrogen (secondary N) is 2. The van der Waals surface area contributed by atoms with Gasteiger partial charge in [0.1, 0.15) is 41.3 Å². The molecule has 0 radical (unpaired) electrons. The van der Waals surface area contributed by atoms with Gasteiger partial charge in [-0.05, 0) is 152 Å². The molecule has 29 nitrogen and oxygen atoms in total. The highest BCUT2D eigenvalue weighted by Gasteiger charge is 2.29. The van der Waals surface area contributed by atoms with Gasteiger partial charge >= 0.3 is 6.09 Å². The smallest absolute Gasteiger partial charge is 0.415 e. The van der Waals surface area contributed by atoms with E-state index < -0.39 is 0 Å². The third kappa shape index (κ3) is 19.7. The zero-order valence-electron chi connectivity index (χ0n) is 67.1. The van der Waals surface area contributed by atoms with Crippen molar-refractivity contribution in [1.29, 1.82) is 5.26 Å². The van der Waals surface area contributed by atoms with E-state index in [1.165, 1.54) is 16.0 Å². The van der Waals surface area contributed by atoms with E-state index in [1.807, 2.05) is 172 Å². The van der Waals surface area contributed by atoms with Crippen LogP contribution >= 0.6 is 0 Å². The first kappa shape index (κ1) is 79.3. The van der Waals surface area contributed by atoms with Crippen LogP contribution in [0.2, 0.25) is 0 Å². The number of aliphatic hydroxyl groups excluding tert-OH is 1. The molecular formula is C88H96N22O7. The molecule has 29 heteroatoms. The van der Waals surface area contributed by atoms with E-state index in [4.69, 9.17) is 33.9 Å². The van der Waals surface area contributed by atoms with Gasteiger partial charge in [-0.1, -0.05) is 12.1 Å². The van der Waals surface area contributed by atoms with E-state index in [1.54, 1.807) is 18.6 Å². The number of carbonyl (C=O) groups is 1. The Balaban J connectivity index is 0.000000123. The lowest BCUT2D eigenvalue weighted by Crippen LogP contribution is -2.46. The first-order valence-electron chi connectivity index (χ1n) is 39.9. The monoisotopic (exact) mass is 1570 g/mol. The van der Waals surface area contributed by atoms with E-state index in [0.717, 1.165) is 198 Å². The first-order chi connectivity index (χ1) is 56.9. The molecule has 12 aromatic rings. The van der Waals surface area contributed by atoms with Gasteiger partial charge in [0.15, 0.2) is 0 Å². The van der Waals surface area contributed by atoms with Crippen LogP contribution in [0.25, 0.3) is 44.3 Å². The molecule has 0 saturated carbocycles. The number of aliphatic imine (C=N–C) groups is 2. The topological polar surface area (TPSA) is 325 Å². The number of piperidine rings is 1. The average Bonchev–Trinajstić information content (AvgIpc) is 1.68. The Bertz CT molecular complexity index is 5550. The molecule has 1 amide bonds. The minimum absolute atomic E-state index is 0.0565. The largest absolute Gasteiger partial charge is 0.475 e. The molecule has 6 aliphatic rings. The van der Waals surface area contributed by atoms with E-state index in [9.17, 15) is 9.90 Å². The predicted molar refractivity (Wildman–Crippen MR) is 449 cm³/mol. The molecule has 600 valence electrons. The number of rotatable bonds is 20. The Morgan fingerprint density at radius 3 is 1.36 bits per heavy atom. The SMILES string of the molecule is CC(C)Oc1cc2c(-c3ccnc(N4CCN(Cc5cccc(C#N)c5)CC4)c3)n[nH]c2cn1.CC(C)Oc1cc2c(-c3ccnc(N4CCN(Cc5ccncc5)CC4)c3)n[nH]c2cn1.CC(C)Oc1cc2c(cn1)CN=C2c1ccnc(N2CCC(O)CC2)c1.CC(C)Oc1cc2c(cn1)CN=C2c1ccnc(N2CCOC2=O)c1. The number of nitriles is 1. The van der Waals surface area contributed by atoms with Gasteiger partial charge in [-0.3, -0.25) is 39.9 Å². The molecule has 18 rings (SSSR count). The molecule has 4 saturated heterocycles. The predicted octanol–water partition coefficient (Wildman–Crippen LogP) is 12.7. The Hall–Kier alpha value is -12.9. The Morgan fingerprint density at radius 2 is 0.897 bits per heavy atom. The highest BCUT2D eigenvalue weighted by Crippen LogP contribution is 2.35. The van der Waals surface area contributed by atoms with Crippen molar-refractivity contribution in [3.8, 4) is 52.1 Å². The molecule has 3 N–H and O–H groups in total. The highest BCUT2D eigenvalue weighted by atomic mass is 16.6. The third-order valence-electron chi connectivity index (χ3n) is 20.4. The van der Waals surface area contributed by atoms with Gasteiger partial charge in [0, 0.05) is 208 Å². The van der Waals surface area contributed by atoms with Crippen LogP contribution in [-0.4, -0.2) is 207 Å². The number of amides is 1. The third-order valence-corrected chi connectivity index (χ3v) is 20.4. The summed E-state index contributed by atoms with van der Waals surface area (Å²) in [5.74, 6) is 5.86. The number of nitrogens with zero attached hydrogens (tertiary/aromatic N) is 20. The second-order valence-electron chi connectivity index (χ2n) is 30.4. The fourth-order valence-corrected chi connectivity index (χ4v) is 14.7. The Kier molecular flexibility index (Phi) is 24.9. The summed E-state index contributed by atoms with van der Waals surface area (Å²) >= 11 is 0. The fourth-order valence-electron chi connectivity index (χ4n) is 14.7. The van der Waals surface area contributed by atoms with E-state index in [0.29, 0.717) is 61.1 Å². The maximum absolute atomic E-state index is 11.8. The normalized spacial score (nSPS) is 15.6. The molecule has 0 aliphatic carbocycles. The number of carbonyl (C=O) groups excluding carboxylic acids is 1. The van der Waals surface area contributed by atoms with Crippen molar-refractivity contribution in [2.75, 3.05) is 98.2 Å². The summed E-state index contributed by atoms with van der Waals surface area (Å²) in [6.45, 7) is 29.0. The van der Waals surface area contributed by atoms with Gasteiger partial charge in [-0.25, -0.2) is 44.7 Å². The van der Waals surface area contributed by atoms with Gasteiger partial charge in [0.2, 0.25) is 23.5 Å². The molecule has 11 aromatic heterocycles. The quantitative estimate of drug-likeness (QED) is 0.0638. The molecule has 17 heterocycles. The summed E-state index contributed by atoms with van der Waals surface area (Å²) in [5.41, 5.74) is 16.8. The Morgan fingerprint density at radius 1 is 0.470 bits per heavy atom. The Labute approximate surface area is 679 Å². The number of aromatic amines is 2. The maximum Gasteiger partial charge on any atom is 0.415 e. The number of H-pyrrole nitrogens is 2. The number of ether oxygens (including phenoxy) is 5. The van der Waals surface area contributed by atoms with Crippen LogP contribution in [0.1, 0.15) is 118 Å². The standard InChI is InChI=1S/C26H27N7O.C24H27N7O.C20H24N4O2.C18H18N4O3/c1-18(2)34-25-14-22-23(16-29-25)30-31-26(22)21-6-7-28-24(13-21)33-10-8-32(9-11-33)17-20-5-3-4-19(12-20)15-27;1-17(2)32-23-14-20-21(15-27-23)28-29-24(20)19-5-8-26-22(13-19)31-11-9-30(10-12-31)16-18-3-6-25-7-4-18;1-13(2)26-19-10-17-15(11-22-19)12-23-20(17)14-3-6-21-18(9-14)24-7-4-16(25)5-8-24;1-11(2)25-16-8-14-13(9-20-16)10-21-17(14)12-3-4-19-15(7-12)22-5-6-24-18(22)23/h3-7,12-14,16,18H,8-11,17H2,1-2H3,(H,30,31);3-8,13-15,17H,9-12,16H2,1-2H3,(H,28,29);3,6,9-11,13,16,25H,4-5,7-8,12H2,1-2H3;3-4,7-9,11H,5-6,10H2,1-2H3. The number of benzene rings is 1. The molecule has 117 heavy (non-hydrogen) atoms. The van der Waals surface area contributed by atoms with Crippen LogP contribution in [0.15, 0.2) is 181 Å². The molecule has 0 spiro atoms. The minimum atomic E-state index is -0.366. The minimum Gasteiger partial charge on any atom is -0.475 e. The number of piperazine rings is 2. The van der Waals surface area contributed by atoms with Gasteiger partial charge < -0.3 is 43.5 Å². The molecular weight excluding hydrogens is 1480 g/mol. The van der Waals surface area contributed by atoms with Crippen molar-refractivity contribution in [2.24, 2.45) is 9.98 Å². The zero-order chi connectivity index (χ0) is 80.9. The van der Waals surface area contributed by atoms with Crippen molar-refractivity contribution in [2.45, 2.75) is 125 Å². The van der Waals surface area contributed by atoms with E-state index in [2.05, 4.69) is 137 Å². The van der Waals surface area contributed by atoms with Crippen LogP contribution in [0.4, 0.5) is 28.1 Å². The van der Waals surface area contributed by atoms with Gasteiger partial charge in [0.25, 0.3) is 0 Å². The first-order valence-corrected chi connectivity index (χ1v) is 39.9. The second-order valence-corrected chi connectivity index (χ2v) is 30.4. The van der Waals surface area contributed by atoms with Crippen LogP contribution in [0, 0.1) is 11.3 Å². The molecule has 0 atom stereocenters. The number of fused-ring (bicyclic) bond motifs is 4. The fraction of sp³-hybridized carbons (Fsp3) is 0.352. The lowest BCUT2D eigenvalue weighted by atomic mass is 10.0. The summed E-state index contributed by atoms with van der Waals surface area (Å²) in [6, 6.07) is 38.1. The van der Waals surface area contributed by atoms with Crippen LogP contribution < -0.4 is 38.5 Å². The number of anilines is 4. The number of cyclic esters (lactones) is 1. The van der Waals surface area contributed by atoms with Crippen molar-refractivity contribution >= 4 is 62.6 Å². The maximum atomic E-state index is 11.8. The molecule has 1 aromatic carbocycles. The lowest BCUT2D eigenvalue weighted by Gasteiger charge is -2.35.